The minimum absolute atomic E-state index is 0.657. The summed E-state index contributed by atoms with van der Waals surface area (Å²) < 4.78 is 1.81. The molecule has 0 fully saturated rings. The van der Waals surface area contributed by atoms with Gasteiger partial charge in [-0.25, -0.2) is 4.98 Å². The third-order valence-electron chi connectivity index (χ3n) is 3.98. The Morgan fingerprint density at radius 1 is 1.08 bits per heavy atom. The van der Waals surface area contributed by atoms with Crippen molar-refractivity contribution in [2.45, 2.75) is 6.54 Å². The number of nitrogens with zero attached hydrogens (tertiary/aromatic N) is 4. The molecule has 0 aliphatic carbocycles. The highest BCUT2D eigenvalue weighted by molar-refractivity contribution is 5.72. The number of pyridine rings is 1. The molecule has 1 N–H and O–H groups in total. The molecule has 3 aromatic heterocycles. The molecule has 0 saturated heterocycles. The van der Waals surface area contributed by atoms with E-state index >= 15 is 0 Å². The van der Waals surface area contributed by atoms with E-state index < -0.39 is 0 Å². The summed E-state index contributed by atoms with van der Waals surface area (Å²) in [6.07, 6.45) is 7.17. The van der Waals surface area contributed by atoms with Crippen molar-refractivity contribution in [2.24, 2.45) is 0 Å². The lowest BCUT2D eigenvalue weighted by atomic mass is 10.1. The van der Waals surface area contributed by atoms with Crippen LogP contribution < -0.4 is 5.32 Å². The van der Waals surface area contributed by atoms with E-state index in [4.69, 9.17) is 4.98 Å². The molecule has 0 aliphatic heterocycles. The Balaban J connectivity index is 1.78. The fraction of sp³-hybridized carbons (Fsp3) is 0.0500. The quantitative estimate of drug-likeness (QED) is 0.601. The van der Waals surface area contributed by atoms with E-state index in [0.717, 1.165) is 33.8 Å². The molecule has 0 saturated carbocycles. The highest BCUT2D eigenvalue weighted by Gasteiger charge is 2.11. The summed E-state index contributed by atoms with van der Waals surface area (Å²) in [4.78, 5) is 8.92. The molecule has 0 unspecified atom stereocenters. The zero-order valence-corrected chi connectivity index (χ0v) is 13.6. The number of hydrogen-bond donors (Lipinski definition) is 1. The summed E-state index contributed by atoms with van der Waals surface area (Å²) in [6, 6.07) is 16.1. The van der Waals surface area contributed by atoms with Gasteiger partial charge in [-0.3, -0.25) is 4.98 Å². The van der Waals surface area contributed by atoms with Crippen LogP contribution in [-0.2, 0) is 6.54 Å². The van der Waals surface area contributed by atoms with Crippen LogP contribution in [0.15, 0.2) is 73.7 Å². The molecular formula is C20H17N5. The summed E-state index contributed by atoms with van der Waals surface area (Å²) in [5.74, 6) is 0.876. The van der Waals surface area contributed by atoms with Gasteiger partial charge in [-0.15, -0.1) is 0 Å². The van der Waals surface area contributed by atoms with Crippen LogP contribution in [0.5, 0.6) is 0 Å². The molecule has 0 amide bonds. The monoisotopic (exact) mass is 327 g/mol. The van der Waals surface area contributed by atoms with Crippen LogP contribution in [-0.4, -0.2) is 19.6 Å². The SMILES string of the molecule is C=Cc1cnn2c(NCc3cccnc3)cc(-c3ccccc3)nc12. The van der Waals surface area contributed by atoms with Gasteiger partial charge in [0.25, 0.3) is 0 Å². The van der Waals surface area contributed by atoms with Crippen molar-refractivity contribution in [2.75, 3.05) is 5.32 Å². The molecule has 5 heteroatoms. The number of hydrogen-bond acceptors (Lipinski definition) is 4. The second-order valence-corrected chi connectivity index (χ2v) is 5.65. The minimum atomic E-state index is 0.657. The van der Waals surface area contributed by atoms with E-state index in [0.29, 0.717) is 6.54 Å². The van der Waals surface area contributed by atoms with E-state index in [2.05, 4.69) is 22.0 Å². The van der Waals surface area contributed by atoms with Crippen molar-refractivity contribution < 1.29 is 0 Å². The topological polar surface area (TPSA) is 55.1 Å². The number of nitrogens with one attached hydrogen (secondary N) is 1. The molecule has 0 aliphatic rings. The molecule has 5 nitrogen and oxygen atoms in total. The fourth-order valence-electron chi connectivity index (χ4n) is 2.70. The standard InChI is InChI=1S/C20H17N5/c1-2-16-14-23-25-19(22-13-15-7-6-10-21-12-15)11-18(24-20(16)25)17-8-4-3-5-9-17/h2-12,14,22H,1,13H2. The van der Waals surface area contributed by atoms with Crippen LogP contribution in [0.1, 0.15) is 11.1 Å². The Morgan fingerprint density at radius 2 is 1.96 bits per heavy atom. The zero-order chi connectivity index (χ0) is 17.1. The van der Waals surface area contributed by atoms with Crippen LogP contribution in [0.25, 0.3) is 23.0 Å². The van der Waals surface area contributed by atoms with Crippen LogP contribution >= 0.6 is 0 Å². The van der Waals surface area contributed by atoms with Gasteiger partial charge in [-0.05, 0) is 11.6 Å². The molecule has 0 atom stereocenters. The van der Waals surface area contributed by atoms with Gasteiger partial charge in [0.05, 0.1) is 11.9 Å². The third kappa shape index (κ3) is 2.99. The second-order valence-electron chi connectivity index (χ2n) is 5.65. The van der Waals surface area contributed by atoms with Gasteiger partial charge in [0.2, 0.25) is 0 Å². The number of rotatable bonds is 5. The lowest BCUT2D eigenvalue weighted by Gasteiger charge is -2.11. The highest BCUT2D eigenvalue weighted by Crippen LogP contribution is 2.24. The summed E-state index contributed by atoms with van der Waals surface area (Å²) in [5, 5.41) is 7.88. The predicted octanol–water partition coefficient (Wildman–Crippen LogP) is 4.05. The average Bonchev–Trinajstić information content (AvgIpc) is 3.11. The van der Waals surface area contributed by atoms with Crippen molar-refractivity contribution >= 4 is 17.5 Å². The van der Waals surface area contributed by atoms with Crippen molar-refractivity contribution in [3.05, 3.63) is 84.8 Å². The van der Waals surface area contributed by atoms with E-state index in [-0.39, 0.29) is 0 Å². The Bertz CT molecular complexity index is 1010. The van der Waals surface area contributed by atoms with Gasteiger partial charge in [-0.2, -0.15) is 9.61 Å². The lowest BCUT2D eigenvalue weighted by molar-refractivity contribution is 0.925. The number of anilines is 1. The second kappa shape index (κ2) is 6.57. The number of aromatic nitrogens is 4. The summed E-state index contributed by atoms with van der Waals surface area (Å²) in [6.45, 7) is 4.51. The highest BCUT2D eigenvalue weighted by atomic mass is 15.3. The molecule has 3 heterocycles. The summed E-state index contributed by atoms with van der Waals surface area (Å²) in [5.41, 5.74) is 4.74. The molecule has 1 aromatic carbocycles. The van der Waals surface area contributed by atoms with E-state index in [9.17, 15) is 0 Å². The van der Waals surface area contributed by atoms with Gasteiger partial charge in [0, 0.05) is 36.1 Å². The molecule has 0 spiro atoms. The Kier molecular flexibility index (Phi) is 3.96. The zero-order valence-electron chi connectivity index (χ0n) is 13.6. The average molecular weight is 327 g/mol. The van der Waals surface area contributed by atoms with Gasteiger partial charge >= 0.3 is 0 Å². The van der Waals surface area contributed by atoms with E-state index in [1.54, 1.807) is 23.0 Å². The van der Waals surface area contributed by atoms with Gasteiger partial charge < -0.3 is 5.32 Å². The molecule has 4 rings (SSSR count). The molecule has 122 valence electrons. The Morgan fingerprint density at radius 3 is 2.72 bits per heavy atom. The van der Waals surface area contributed by atoms with Crippen molar-refractivity contribution in [3.63, 3.8) is 0 Å². The van der Waals surface area contributed by atoms with Gasteiger partial charge in [0.15, 0.2) is 5.65 Å². The molecule has 0 bridgehead atoms. The first-order valence-corrected chi connectivity index (χ1v) is 8.04. The predicted molar refractivity (Wildman–Crippen MR) is 100 cm³/mol. The maximum Gasteiger partial charge on any atom is 0.165 e. The van der Waals surface area contributed by atoms with Crippen LogP contribution in [0, 0.1) is 0 Å². The smallest absolute Gasteiger partial charge is 0.165 e. The Labute approximate surface area is 145 Å². The third-order valence-corrected chi connectivity index (χ3v) is 3.98. The van der Waals surface area contributed by atoms with Crippen LogP contribution in [0.4, 0.5) is 5.82 Å². The van der Waals surface area contributed by atoms with E-state index in [1.807, 2.05) is 54.7 Å². The molecule has 0 radical (unpaired) electrons. The first-order valence-electron chi connectivity index (χ1n) is 8.04. The number of benzene rings is 1. The van der Waals surface area contributed by atoms with E-state index in [1.165, 1.54) is 0 Å². The Hall–Kier alpha value is -3.47. The minimum Gasteiger partial charge on any atom is -0.366 e. The number of fused-ring (bicyclic) bond motifs is 1. The summed E-state index contributed by atoms with van der Waals surface area (Å²) >= 11 is 0. The van der Waals surface area contributed by atoms with Crippen molar-refractivity contribution in [3.8, 4) is 11.3 Å². The first kappa shape index (κ1) is 15.1. The first-order chi connectivity index (χ1) is 12.3. The summed E-state index contributed by atoms with van der Waals surface area (Å²) in [7, 11) is 0. The molecule has 4 aromatic rings. The molecule has 25 heavy (non-hydrogen) atoms. The van der Waals surface area contributed by atoms with Crippen molar-refractivity contribution in [1.82, 2.24) is 19.6 Å². The van der Waals surface area contributed by atoms with Gasteiger partial charge in [-0.1, -0.05) is 49.1 Å². The maximum absolute atomic E-state index is 4.77. The largest absolute Gasteiger partial charge is 0.366 e. The van der Waals surface area contributed by atoms with Crippen LogP contribution in [0.2, 0.25) is 0 Å². The van der Waals surface area contributed by atoms with Crippen LogP contribution in [0.3, 0.4) is 0 Å². The normalized spacial score (nSPS) is 10.7. The van der Waals surface area contributed by atoms with Gasteiger partial charge in [0.1, 0.15) is 5.82 Å². The maximum atomic E-state index is 4.77. The fourth-order valence-corrected chi connectivity index (χ4v) is 2.70. The van der Waals surface area contributed by atoms with Crippen molar-refractivity contribution in [1.29, 1.82) is 0 Å². The lowest BCUT2D eigenvalue weighted by Crippen LogP contribution is -2.07. The molecular weight excluding hydrogens is 310 g/mol.